The molecule has 7 heteroatoms. The van der Waals surface area contributed by atoms with E-state index in [0.29, 0.717) is 5.56 Å². The van der Waals surface area contributed by atoms with E-state index in [1.54, 1.807) is 0 Å². The number of thiophene rings is 1. The van der Waals surface area contributed by atoms with Crippen LogP contribution in [0.5, 0.6) is 0 Å². The van der Waals surface area contributed by atoms with Crippen LogP contribution in [0.3, 0.4) is 0 Å². The van der Waals surface area contributed by atoms with Crippen LogP contribution in [0.2, 0.25) is 0 Å². The fourth-order valence-electron chi connectivity index (χ4n) is 4.38. The van der Waals surface area contributed by atoms with E-state index in [2.05, 4.69) is 0 Å². The average molecular weight is 371 g/mol. The van der Waals surface area contributed by atoms with Crippen molar-refractivity contribution in [3.05, 3.63) is 58.3 Å². The minimum atomic E-state index is -1.27. The van der Waals surface area contributed by atoms with Gasteiger partial charge < -0.3 is 10.1 Å². The summed E-state index contributed by atoms with van der Waals surface area (Å²) in [4.78, 5) is 41.0. The van der Waals surface area contributed by atoms with Crippen molar-refractivity contribution in [1.82, 2.24) is 4.90 Å². The summed E-state index contributed by atoms with van der Waals surface area (Å²) in [5.74, 6) is -2.46. The van der Waals surface area contributed by atoms with Crippen molar-refractivity contribution < 1.29 is 24.4 Å². The van der Waals surface area contributed by atoms with Gasteiger partial charge in [0.2, 0.25) is 17.4 Å². The Morgan fingerprint density at radius 3 is 2.50 bits per heavy atom. The number of quaternary nitrogens is 1. The minimum absolute atomic E-state index is 0.239. The van der Waals surface area contributed by atoms with Crippen LogP contribution in [0.25, 0.3) is 0 Å². The first-order valence-electron chi connectivity index (χ1n) is 8.37. The number of fused-ring (bicyclic) bond motifs is 1. The van der Waals surface area contributed by atoms with Crippen molar-refractivity contribution in [2.45, 2.75) is 11.6 Å². The highest BCUT2D eigenvalue weighted by molar-refractivity contribution is 7.10. The summed E-state index contributed by atoms with van der Waals surface area (Å²) in [5.41, 5.74) is -0.593. The fourth-order valence-corrected chi connectivity index (χ4v) is 5.22. The van der Waals surface area contributed by atoms with Gasteiger partial charge in [-0.25, -0.2) is 4.79 Å². The molecule has 4 rings (SSSR count). The molecular weight excluding hydrogens is 352 g/mol. The third kappa shape index (κ3) is 2.10. The third-order valence-corrected chi connectivity index (χ3v) is 6.51. The van der Waals surface area contributed by atoms with Gasteiger partial charge in [0.25, 0.3) is 0 Å². The van der Waals surface area contributed by atoms with E-state index >= 15 is 0 Å². The maximum Gasteiger partial charge on any atom is 0.373 e. The van der Waals surface area contributed by atoms with Crippen LogP contribution < -0.4 is 5.32 Å². The molecule has 2 aliphatic heterocycles. The van der Waals surface area contributed by atoms with E-state index in [1.807, 2.05) is 53.2 Å². The molecule has 3 heterocycles. The molecule has 0 radical (unpaired) electrons. The Morgan fingerprint density at radius 2 is 1.88 bits per heavy atom. The van der Waals surface area contributed by atoms with Crippen molar-refractivity contribution in [2.24, 2.45) is 11.8 Å². The first-order chi connectivity index (χ1) is 12.5. The Morgan fingerprint density at radius 1 is 1.15 bits per heavy atom. The second-order valence-corrected chi connectivity index (χ2v) is 7.65. The monoisotopic (exact) mass is 371 g/mol. The van der Waals surface area contributed by atoms with Crippen LogP contribution in [-0.2, 0) is 24.7 Å². The number of likely N-dealkylation sites (tertiary alicyclic amines) is 1. The van der Waals surface area contributed by atoms with E-state index in [4.69, 9.17) is 4.74 Å². The number of hydrogen-bond acceptors (Lipinski definition) is 5. The zero-order chi connectivity index (χ0) is 18.5. The Labute approximate surface area is 154 Å². The molecule has 2 saturated heterocycles. The molecular formula is C19H19N2O4S+. The summed E-state index contributed by atoms with van der Waals surface area (Å²) >= 11 is 1.52. The molecule has 6 nitrogen and oxygen atoms in total. The summed E-state index contributed by atoms with van der Waals surface area (Å²) in [7, 11) is 2.81. The topological polar surface area (TPSA) is 80.3 Å². The number of nitrogens with zero attached hydrogens (tertiary/aromatic N) is 1. The van der Waals surface area contributed by atoms with Gasteiger partial charge in [-0.1, -0.05) is 36.4 Å². The zero-order valence-electron chi connectivity index (χ0n) is 14.4. The predicted octanol–water partition coefficient (Wildman–Crippen LogP) is 0.666. The first-order valence-corrected chi connectivity index (χ1v) is 9.25. The van der Waals surface area contributed by atoms with E-state index in [0.717, 1.165) is 9.78 Å². The summed E-state index contributed by atoms with van der Waals surface area (Å²) in [6, 6.07) is 12.7. The molecule has 26 heavy (non-hydrogen) atoms. The lowest BCUT2D eigenvalue weighted by Crippen LogP contribution is -2.96. The highest BCUT2D eigenvalue weighted by atomic mass is 32.1. The average Bonchev–Trinajstić information content (AvgIpc) is 3.36. The lowest BCUT2D eigenvalue weighted by atomic mass is 9.75. The molecule has 2 amide bonds. The molecule has 0 saturated carbocycles. The number of esters is 1. The van der Waals surface area contributed by atoms with E-state index in [1.165, 1.54) is 25.5 Å². The minimum Gasteiger partial charge on any atom is -0.464 e. The summed E-state index contributed by atoms with van der Waals surface area (Å²) < 4.78 is 5.14. The number of imide groups is 1. The molecule has 2 N–H and O–H groups in total. The SMILES string of the molecule is COC(=O)[C@]1(c2ccccc2)[NH2+][C@H](c2cccs2)[C@@H]2C(=O)N(C)C(=O)[C@H]21. The lowest BCUT2D eigenvalue weighted by molar-refractivity contribution is -0.741. The van der Waals surface area contributed by atoms with Gasteiger partial charge in [-0.3, -0.25) is 14.5 Å². The van der Waals surface area contributed by atoms with E-state index < -0.39 is 23.3 Å². The third-order valence-electron chi connectivity index (χ3n) is 5.54. The van der Waals surface area contributed by atoms with Crippen LogP contribution in [0, 0.1) is 11.8 Å². The molecule has 2 aliphatic rings. The molecule has 2 fully saturated rings. The molecule has 1 aromatic heterocycles. The number of benzene rings is 1. The van der Waals surface area contributed by atoms with Gasteiger partial charge in [-0.05, 0) is 11.4 Å². The first kappa shape index (κ1) is 16.9. The van der Waals surface area contributed by atoms with Crippen LogP contribution in [0.4, 0.5) is 0 Å². The Bertz CT molecular complexity index is 867. The van der Waals surface area contributed by atoms with Gasteiger partial charge in [-0.2, -0.15) is 0 Å². The molecule has 0 unspecified atom stereocenters. The Balaban J connectivity index is 1.95. The number of methoxy groups -OCH3 is 1. The van der Waals surface area contributed by atoms with Gasteiger partial charge in [-0.15, -0.1) is 11.3 Å². The smallest absolute Gasteiger partial charge is 0.373 e. The van der Waals surface area contributed by atoms with Crippen LogP contribution >= 0.6 is 11.3 Å². The lowest BCUT2D eigenvalue weighted by Gasteiger charge is -2.28. The largest absolute Gasteiger partial charge is 0.464 e. The normalized spacial score (nSPS) is 30.5. The zero-order valence-corrected chi connectivity index (χ0v) is 15.2. The van der Waals surface area contributed by atoms with Crippen molar-refractivity contribution >= 4 is 29.1 Å². The van der Waals surface area contributed by atoms with Crippen LogP contribution in [0.1, 0.15) is 16.5 Å². The highest BCUT2D eigenvalue weighted by Crippen LogP contribution is 2.48. The Kier molecular flexibility index (Phi) is 3.93. The molecule has 0 bridgehead atoms. The molecule has 0 spiro atoms. The molecule has 4 atom stereocenters. The van der Waals surface area contributed by atoms with Gasteiger partial charge >= 0.3 is 5.97 Å². The second-order valence-electron chi connectivity index (χ2n) is 6.67. The number of rotatable bonds is 3. The number of carbonyl (C=O) groups excluding carboxylic acids is 3. The summed E-state index contributed by atoms with van der Waals surface area (Å²) in [6.07, 6.45) is 0. The Hall–Kier alpha value is -2.51. The molecule has 134 valence electrons. The van der Waals surface area contributed by atoms with E-state index in [9.17, 15) is 14.4 Å². The van der Waals surface area contributed by atoms with Crippen molar-refractivity contribution in [1.29, 1.82) is 0 Å². The maximum absolute atomic E-state index is 13.0. The maximum atomic E-state index is 13.0. The van der Waals surface area contributed by atoms with Gasteiger partial charge in [0, 0.05) is 12.6 Å². The fraction of sp³-hybridized carbons (Fsp3) is 0.316. The van der Waals surface area contributed by atoms with Gasteiger partial charge in [0.05, 0.1) is 12.0 Å². The summed E-state index contributed by atoms with van der Waals surface area (Å²) in [5, 5.41) is 3.79. The van der Waals surface area contributed by atoms with Crippen LogP contribution in [0.15, 0.2) is 47.8 Å². The number of carbonyl (C=O) groups is 3. The highest BCUT2D eigenvalue weighted by Gasteiger charge is 2.73. The van der Waals surface area contributed by atoms with Crippen molar-refractivity contribution in [3.8, 4) is 0 Å². The predicted molar refractivity (Wildman–Crippen MR) is 93.9 cm³/mol. The number of ether oxygens (including phenoxy) is 1. The second kappa shape index (κ2) is 6.03. The van der Waals surface area contributed by atoms with Crippen LogP contribution in [-0.4, -0.2) is 36.8 Å². The van der Waals surface area contributed by atoms with Crippen molar-refractivity contribution in [3.63, 3.8) is 0 Å². The van der Waals surface area contributed by atoms with Gasteiger partial charge in [0.15, 0.2) is 0 Å². The molecule has 1 aromatic carbocycles. The standard InChI is InChI=1S/C19H18N2O4S/c1-21-16(22)13-14(17(21)23)19(18(24)25-2,11-7-4-3-5-8-11)20-15(13)12-9-6-10-26-12/h3-10,13-15,20H,1-2H3/p+1/t13-,14+,15-,19-/m1/s1. The molecule has 2 aromatic rings. The molecule has 0 aliphatic carbocycles. The summed E-state index contributed by atoms with van der Waals surface area (Å²) in [6.45, 7) is 0. The quantitative estimate of drug-likeness (QED) is 0.635. The number of amides is 2. The van der Waals surface area contributed by atoms with Gasteiger partial charge in [0.1, 0.15) is 17.9 Å². The number of hydrogen-bond donors (Lipinski definition) is 1. The van der Waals surface area contributed by atoms with Crippen molar-refractivity contribution in [2.75, 3.05) is 14.2 Å². The van der Waals surface area contributed by atoms with E-state index in [-0.39, 0.29) is 17.9 Å². The number of nitrogens with two attached hydrogens (primary N) is 1.